The molecule has 7 nitrogen and oxygen atoms in total. The number of nitrogens with zero attached hydrogens (tertiary/aromatic N) is 2. The fraction of sp³-hybridized carbons (Fsp3) is 0.859. The van der Waals surface area contributed by atoms with E-state index in [4.69, 9.17) is 11.2 Å². The third-order valence-electron chi connectivity index (χ3n) is 18.8. The molecule has 0 radical (unpaired) electrons. The van der Waals surface area contributed by atoms with E-state index in [1.807, 2.05) is 13.0 Å². The van der Waals surface area contributed by atoms with Crippen LogP contribution in [0.25, 0.3) is 0 Å². The summed E-state index contributed by atoms with van der Waals surface area (Å²) in [5, 5.41) is 13.3. The van der Waals surface area contributed by atoms with Crippen LogP contribution in [-0.4, -0.2) is 60.4 Å². The Morgan fingerprint density at radius 2 is 0.872 bits per heavy atom. The highest BCUT2D eigenvalue weighted by molar-refractivity contribution is 5.87. The smallest absolute Gasteiger partial charge is 0.412 e. The zero-order valence-corrected chi connectivity index (χ0v) is 51.3. The van der Waals surface area contributed by atoms with Crippen molar-refractivity contribution in [2.24, 2.45) is 5.41 Å². The number of ether oxygens (including phenoxy) is 1. The number of likely N-dealkylation sites (tertiary alicyclic amines) is 1. The van der Waals surface area contributed by atoms with Gasteiger partial charge in [-0.1, -0.05) is 301 Å². The Morgan fingerprint density at radius 3 is 1.22 bits per heavy atom. The molecule has 4 rings (SSSR count). The third-order valence-corrected chi connectivity index (χ3v) is 18.8. The van der Waals surface area contributed by atoms with Crippen LogP contribution in [0.3, 0.4) is 0 Å². The summed E-state index contributed by atoms with van der Waals surface area (Å²) in [5.41, 5.74) is 2.39. The van der Waals surface area contributed by atoms with Gasteiger partial charge in [-0.25, -0.2) is 4.79 Å². The van der Waals surface area contributed by atoms with Crippen molar-refractivity contribution in [3.8, 4) is 12.3 Å². The fourth-order valence-corrected chi connectivity index (χ4v) is 13.6. The molecule has 1 unspecified atom stereocenters. The van der Waals surface area contributed by atoms with Crippen LogP contribution < -0.4 is 10.2 Å². The number of amides is 2. The first-order valence-corrected chi connectivity index (χ1v) is 34.6. The summed E-state index contributed by atoms with van der Waals surface area (Å²) in [6.07, 6.45) is 75.5. The van der Waals surface area contributed by atoms with Crippen molar-refractivity contribution in [2.45, 2.75) is 359 Å². The van der Waals surface area contributed by atoms with Crippen LogP contribution in [0.2, 0.25) is 0 Å². The molecule has 0 bridgehead atoms. The van der Waals surface area contributed by atoms with E-state index >= 15 is 0 Å². The van der Waals surface area contributed by atoms with E-state index in [0.29, 0.717) is 11.6 Å². The lowest BCUT2D eigenvalue weighted by atomic mass is 9.79. The number of carbonyl (C=O) groups excluding carboxylic acids is 2. The monoisotopic (exact) mass is 1080 g/mol. The van der Waals surface area contributed by atoms with Crippen LogP contribution in [0.5, 0.6) is 0 Å². The highest BCUT2D eigenvalue weighted by Crippen LogP contribution is 2.42. The zero-order valence-electron chi connectivity index (χ0n) is 51.3. The van der Waals surface area contributed by atoms with Crippen molar-refractivity contribution >= 4 is 23.4 Å². The average molecular weight is 1080 g/mol. The normalized spacial score (nSPS) is 25.6. The second-order valence-corrected chi connectivity index (χ2v) is 25.7. The molecule has 1 aliphatic carbocycles. The van der Waals surface area contributed by atoms with Gasteiger partial charge in [0, 0.05) is 37.1 Å². The number of aliphatic hydroxyl groups is 1. The first kappa shape index (κ1) is 67.8. The second kappa shape index (κ2) is 45.8. The minimum Gasteiger partial charge on any atom is -0.436 e. The zero-order chi connectivity index (χ0) is 55.2. The average Bonchev–Trinajstić information content (AvgIpc) is 3.90. The predicted molar refractivity (Wildman–Crippen MR) is 336 cm³/mol. The van der Waals surface area contributed by atoms with Crippen molar-refractivity contribution < 1.29 is 19.4 Å². The fourth-order valence-electron chi connectivity index (χ4n) is 13.6. The molecule has 2 amide bonds. The van der Waals surface area contributed by atoms with Gasteiger partial charge in [-0.2, -0.15) is 0 Å². The summed E-state index contributed by atoms with van der Waals surface area (Å²) in [6, 6.07) is 6.53. The van der Waals surface area contributed by atoms with Gasteiger partial charge in [0.05, 0.1) is 11.5 Å². The second-order valence-electron chi connectivity index (χ2n) is 25.7. The standard InChI is InChI=1S/C71H125N3O4/c1-3-61-78-70(77)72-68-56-53-66(62-64(68)2)73-59-50-48-46-44-42-40-38-36-34-32-30-28-26-24-22-20-18-16-14-12-10-8-6-4-5-7-9-11-13-15-17-19-21-23-25-27-29-31-33-35-37-39-41-43-45-47-49-57-71(63-73)58-60-74(69(71)76)65-51-54-67(75)55-52-65/h1,53,56,62,65,67,75H,4-52,54-55,57-61,63H2,2H3,(H,72,77). The first-order valence-electron chi connectivity index (χ1n) is 34.6. The number of nitrogens with one attached hydrogen (secondary N) is 1. The SMILES string of the molecule is C#CCOC(=O)Nc1ccc(N2CCCCCCCCCCCCCCCCCCCCCCCCCCCCCCCCCCCCCCCCCCCCCCCCCC3(CCN(C4CCC(O)CC4)C3=O)C2)cc1C. The molecule has 2 heterocycles. The molecule has 1 saturated carbocycles. The van der Waals surface area contributed by atoms with Crippen LogP contribution in [0.15, 0.2) is 18.2 Å². The lowest BCUT2D eigenvalue weighted by molar-refractivity contribution is -0.139. The van der Waals surface area contributed by atoms with Gasteiger partial charge >= 0.3 is 6.09 Å². The van der Waals surface area contributed by atoms with Gasteiger partial charge in [0.25, 0.3) is 0 Å². The third kappa shape index (κ3) is 31.5. The Balaban J connectivity index is 1.25. The van der Waals surface area contributed by atoms with E-state index < -0.39 is 11.5 Å². The Labute approximate surface area is 482 Å². The Kier molecular flexibility index (Phi) is 39.8. The molecule has 448 valence electrons. The predicted octanol–water partition coefficient (Wildman–Crippen LogP) is 21.2. The van der Waals surface area contributed by atoms with Gasteiger partial charge in [0.15, 0.2) is 6.61 Å². The Bertz CT molecular complexity index is 1650. The van der Waals surface area contributed by atoms with Gasteiger partial charge < -0.3 is 19.6 Å². The van der Waals surface area contributed by atoms with Gasteiger partial charge in [0.2, 0.25) is 5.91 Å². The lowest BCUT2D eigenvalue weighted by Crippen LogP contribution is -2.47. The van der Waals surface area contributed by atoms with Crippen molar-refractivity contribution in [3.63, 3.8) is 0 Å². The number of rotatable bonds is 4. The maximum absolute atomic E-state index is 15.0. The number of terminal acetylenes is 1. The molecule has 1 aromatic carbocycles. The highest BCUT2D eigenvalue weighted by Gasteiger charge is 2.49. The number of anilines is 2. The van der Waals surface area contributed by atoms with Crippen molar-refractivity contribution in [2.75, 3.05) is 36.5 Å². The topological polar surface area (TPSA) is 82.1 Å². The summed E-state index contributed by atoms with van der Waals surface area (Å²) in [5.74, 6) is 2.73. The number of aryl methyl sites for hydroxylation is 1. The molecule has 3 aliphatic rings. The van der Waals surface area contributed by atoms with E-state index in [0.717, 1.165) is 82.3 Å². The van der Waals surface area contributed by atoms with Crippen molar-refractivity contribution in [1.29, 1.82) is 0 Å². The molecule has 2 aliphatic heterocycles. The van der Waals surface area contributed by atoms with Crippen LogP contribution >= 0.6 is 0 Å². The van der Waals surface area contributed by atoms with Crippen LogP contribution in [0.1, 0.15) is 346 Å². The minimum atomic E-state index is -0.544. The Hall–Kier alpha value is -2.72. The molecule has 1 spiro atoms. The van der Waals surface area contributed by atoms with E-state index in [1.165, 1.54) is 289 Å². The molecule has 2 saturated heterocycles. The van der Waals surface area contributed by atoms with Gasteiger partial charge in [-0.15, -0.1) is 6.42 Å². The van der Waals surface area contributed by atoms with Crippen molar-refractivity contribution in [1.82, 2.24) is 4.90 Å². The quantitative estimate of drug-likeness (QED) is 0.294. The largest absolute Gasteiger partial charge is 0.436 e. The van der Waals surface area contributed by atoms with Crippen LogP contribution in [0.4, 0.5) is 16.2 Å². The van der Waals surface area contributed by atoms with E-state index in [1.54, 1.807) is 0 Å². The molecular formula is C71H125N3O4. The summed E-state index contributed by atoms with van der Waals surface area (Å²) in [4.78, 5) is 32.2. The van der Waals surface area contributed by atoms with Crippen LogP contribution in [-0.2, 0) is 9.53 Å². The number of hydrogen-bond acceptors (Lipinski definition) is 5. The molecule has 2 N–H and O–H groups in total. The number of hydrogen-bond donors (Lipinski definition) is 2. The molecule has 3 fully saturated rings. The number of carbonyl (C=O) groups is 2. The van der Waals surface area contributed by atoms with Gasteiger partial charge in [-0.05, 0) is 75.6 Å². The van der Waals surface area contributed by atoms with E-state index in [-0.39, 0.29) is 18.8 Å². The molecule has 1 atom stereocenters. The molecular weight excluding hydrogens is 959 g/mol. The summed E-state index contributed by atoms with van der Waals surface area (Å²) in [6.45, 7) is 4.45. The maximum Gasteiger partial charge on any atom is 0.412 e. The molecule has 0 aromatic heterocycles. The molecule has 1 aromatic rings. The van der Waals surface area contributed by atoms with Gasteiger partial charge in [0.1, 0.15) is 0 Å². The highest BCUT2D eigenvalue weighted by atomic mass is 16.5. The van der Waals surface area contributed by atoms with E-state index in [9.17, 15) is 14.7 Å². The van der Waals surface area contributed by atoms with Crippen molar-refractivity contribution in [3.05, 3.63) is 23.8 Å². The lowest BCUT2D eigenvalue weighted by Gasteiger charge is -2.38. The first-order chi connectivity index (χ1) is 38.4. The Morgan fingerprint density at radius 1 is 0.526 bits per heavy atom. The summed E-state index contributed by atoms with van der Waals surface area (Å²) >= 11 is 0. The summed E-state index contributed by atoms with van der Waals surface area (Å²) < 4.78 is 5.13. The van der Waals surface area contributed by atoms with Gasteiger partial charge in [-0.3, -0.25) is 10.1 Å². The maximum atomic E-state index is 15.0. The van der Waals surface area contributed by atoms with Crippen LogP contribution in [0, 0.1) is 24.7 Å². The summed E-state index contributed by atoms with van der Waals surface area (Å²) in [7, 11) is 0. The number of aliphatic hydroxyl groups excluding tert-OH is 1. The van der Waals surface area contributed by atoms with E-state index in [2.05, 4.69) is 33.2 Å². The minimum absolute atomic E-state index is 0.0642. The molecule has 78 heavy (non-hydrogen) atoms. The number of benzene rings is 1. The molecule has 7 heteroatoms.